The van der Waals surface area contributed by atoms with E-state index in [-0.39, 0.29) is 18.3 Å². The van der Waals surface area contributed by atoms with Crippen molar-refractivity contribution in [2.75, 3.05) is 76.0 Å². The number of amides is 1. The second-order valence-electron chi connectivity index (χ2n) is 11.4. The summed E-state index contributed by atoms with van der Waals surface area (Å²) < 4.78 is 16.1. The van der Waals surface area contributed by atoms with Crippen LogP contribution in [0.15, 0.2) is 30.5 Å². The van der Waals surface area contributed by atoms with Crippen molar-refractivity contribution in [2.45, 2.75) is 51.9 Å². The number of anilines is 3. The van der Waals surface area contributed by atoms with E-state index in [0.717, 1.165) is 69.9 Å². The van der Waals surface area contributed by atoms with Gasteiger partial charge in [-0.05, 0) is 74.7 Å². The van der Waals surface area contributed by atoms with Gasteiger partial charge in [-0.15, -0.1) is 0 Å². The number of carbonyl (C=O) groups excluding carboxylic acids is 2. The number of primary amides is 1. The zero-order valence-electron chi connectivity index (χ0n) is 25.1. The molecule has 2 fully saturated rings. The topological polar surface area (TPSA) is 132 Å². The molecule has 0 saturated carbocycles. The molecule has 1 amide bonds. The van der Waals surface area contributed by atoms with E-state index in [1.165, 1.54) is 12.0 Å². The number of ether oxygens (including phenoxy) is 3. The van der Waals surface area contributed by atoms with Gasteiger partial charge in [-0.3, -0.25) is 4.79 Å². The van der Waals surface area contributed by atoms with Crippen molar-refractivity contribution in [1.82, 2.24) is 14.9 Å². The number of rotatable bonds is 15. The van der Waals surface area contributed by atoms with Crippen LogP contribution in [0.5, 0.6) is 0 Å². The molecule has 11 nitrogen and oxygen atoms in total. The Morgan fingerprint density at radius 2 is 1.71 bits per heavy atom. The first-order chi connectivity index (χ1) is 20.4. The number of hydrogen-bond donors (Lipinski definition) is 2. The van der Waals surface area contributed by atoms with E-state index in [4.69, 9.17) is 24.9 Å². The van der Waals surface area contributed by atoms with E-state index in [1.807, 2.05) is 26.0 Å². The van der Waals surface area contributed by atoms with Crippen LogP contribution in [0.1, 0.15) is 67.9 Å². The van der Waals surface area contributed by atoms with Crippen LogP contribution >= 0.6 is 0 Å². The number of hydrogen-bond acceptors (Lipinski definition) is 10. The van der Waals surface area contributed by atoms with Crippen LogP contribution in [-0.4, -0.2) is 92.5 Å². The van der Waals surface area contributed by atoms with Gasteiger partial charge in [0.15, 0.2) is 11.5 Å². The number of nitrogens with zero attached hydrogens (tertiary/aromatic N) is 4. The molecule has 0 unspecified atom stereocenters. The lowest BCUT2D eigenvalue weighted by Crippen LogP contribution is -2.35. The molecule has 42 heavy (non-hydrogen) atoms. The highest BCUT2D eigenvalue weighted by atomic mass is 16.6. The van der Waals surface area contributed by atoms with Gasteiger partial charge in [0.1, 0.15) is 12.4 Å². The van der Waals surface area contributed by atoms with E-state index in [0.29, 0.717) is 44.1 Å². The molecule has 2 aliphatic rings. The molecule has 230 valence electrons. The third-order valence-corrected chi connectivity index (χ3v) is 7.63. The maximum Gasteiger partial charge on any atom is 0.332 e. The molecule has 4 rings (SSSR count). The second kappa shape index (κ2) is 16.4. The number of aromatic nitrogens is 2. The summed E-state index contributed by atoms with van der Waals surface area (Å²) >= 11 is 0. The van der Waals surface area contributed by atoms with Crippen LogP contribution in [0.4, 0.5) is 17.3 Å². The molecule has 0 atom stereocenters. The molecule has 3 heterocycles. The molecule has 1 aromatic carbocycles. The van der Waals surface area contributed by atoms with Crippen molar-refractivity contribution in [2.24, 2.45) is 11.7 Å². The smallest absolute Gasteiger partial charge is 0.332 e. The van der Waals surface area contributed by atoms with Gasteiger partial charge in [-0.2, -0.15) is 0 Å². The Kier molecular flexibility index (Phi) is 12.3. The summed E-state index contributed by atoms with van der Waals surface area (Å²) in [4.78, 5) is 37.2. The largest absolute Gasteiger partial charge is 0.464 e. The fourth-order valence-corrected chi connectivity index (χ4v) is 5.26. The molecule has 1 aromatic heterocycles. The van der Waals surface area contributed by atoms with E-state index >= 15 is 0 Å². The molecule has 0 radical (unpaired) electrons. The molecule has 0 bridgehead atoms. The average Bonchev–Trinajstić information content (AvgIpc) is 3.00. The molecule has 2 aliphatic heterocycles. The number of likely N-dealkylation sites (tertiary alicyclic amines) is 1. The van der Waals surface area contributed by atoms with Crippen LogP contribution < -0.4 is 16.0 Å². The summed E-state index contributed by atoms with van der Waals surface area (Å²) in [6, 6.07) is 8.36. The standard InChI is InChI=1S/C31H46N6O5/c1-23(2)21-42-28(38)22-41-19-18-40-17-16-36-14-10-25(11-15-36)24-6-8-26(9-7-24)34-31-29(30(32)39)33-20-27(35-31)37-12-4-3-5-13-37/h6-9,20,23,25H,3-5,10-19,21-22H2,1-2H3,(H2,32,39)(H,34,35). The lowest BCUT2D eigenvalue weighted by atomic mass is 9.89. The van der Waals surface area contributed by atoms with Gasteiger partial charge in [-0.25, -0.2) is 14.8 Å². The highest BCUT2D eigenvalue weighted by Crippen LogP contribution is 2.30. The number of nitrogens with two attached hydrogens (primary N) is 1. The van der Waals surface area contributed by atoms with Crippen LogP contribution in [0.3, 0.4) is 0 Å². The molecule has 3 N–H and O–H groups in total. The van der Waals surface area contributed by atoms with Gasteiger partial charge < -0.3 is 35.1 Å². The van der Waals surface area contributed by atoms with Crippen LogP contribution in [0, 0.1) is 5.92 Å². The van der Waals surface area contributed by atoms with Crippen molar-refractivity contribution in [3.8, 4) is 0 Å². The van der Waals surface area contributed by atoms with Crippen molar-refractivity contribution in [3.63, 3.8) is 0 Å². The van der Waals surface area contributed by atoms with Gasteiger partial charge in [-0.1, -0.05) is 26.0 Å². The first-order valence-electron chi connectivity index (χ1n) is 15.2. The summed E-state index contributed by atoms with van der Waals surface area (Å²) in [5, 5.41) is 3.27. The summed E-state index contributed by atoms with van der Waals surface area (Å²) in [5.41, 5.74) is 7.88. The highest BCUT2D eigenvalue weighted by molar-refractivity contribution is 5.96. The predicted molar refractivity (Wildman–Crippen MR) is 162 cm³/mol. The Morgan fingerprint density at radius 3 is 2.40 bits per heavy atom. The van der Waals surface area contributed by atoms with E-state index in [2.05, 4.69) is 32.2 Å². The Balaban J connectivity index is 1.17. The van der Waals surface area contributed by atoms with Gasteiger partial charge in [0.25, 0.3) is 5.91 Å². The Labute approximate surface area is 249 Å². The first-order valence-corrected chi connectivity index (χ1v) is 15.2. The monoisotopic (exact) mass is 582 g/mol. The number of carbonyl (C=O) groups is 2. The van der Waals surface area contributed by atoms with E-state index < -0.39 is 5.91 Å². The summed E-state index contributed by atoms with van der Waals surface area (Å²) in [6.45, 7) is 10.7. The summed E-state index contributed by atoms with van der Waals surface area (Å²) in [6.07, 6.45) is 7.30. The normalized spacial score (nSPS) is 16.5. The van der Waals surface area contributed by atoms with E-state index in [9.17, 15) is 9.59 Å². The van der Waals surface area contributed by atoms with Crippen molar-refractivity contribution in [1.29, 1.82) is 0 Å². The summed E-state index contributed by atoms with van der Waals surface area (Å²) in [5.74, 6) is 1.05. The van der Waals surface area contributed by atoms with Crippen LogP contribution in [-0.2, 0) is 19.0 Å². The Bertz CT molecular complexity index is 1130. The lowest BCUT2D eigenvalue weighted by Gasteiger charge is -2.32. The average molecular weight is 583 g/mol. The summed E-state index contributed by atoms with van der Waals surface area (Å²) in [7, 11) is 0. The van der Waals surface area contributed by atoms with Crippen molar-refractivity contribution in [3.05, 3.63) is 41.7 Å². The number of benzene rings is 1. The number of esters is 1. The minimum atomic E-state index is -0.601. The lowest BCUT2D eigenvalue weighted by molar-refractivity contribution is -0.150. The number of piperidine rings is 2. The SMILES string of the molecule is CC(C)COC(=O)COCCOCCN1CCC(c2ccc(Nc3nc(N4CCCCC4)cnc3C(N)=O)cc2)CC1. The molecule has 0 spiro atoms. The van der Waals surface area contributed by atoms with Gasteiger partial charge in [0.2, 0.25) is 0 Å². The van der Waals surface area contributed by atoms with Crippen molar-refractivity contribution < 1.29 is 23.8 Å². The molecular formula is C31H46N6O5. The molecule has 2 aromatic rings. The third-order valence-electron chi connectivity index (χ3n) is 7.63. The number of nitrogens with one attached hydrogen (secondary N) is 1. The molecule has 11 heteroatoms. The second-order valence-corrected chi connectivity index (χ2v) is 11.4. The maximum atomic E-state index is 12.0. The van der Waals surface area contributed by atoms with Crippen molar-refractivity contribution >= 4 is 29.2 Å². The van der Waals surface area contributed by atoms with Crippen LogP contribution in [0.25, 0.3) is 0 Å². The third kappa shape index (κ3) is 9.92. The quantitative estimate of drug-likeness (QED) is 0.237. The van der Waals surface area contributed by atoms with Gasteiger partial charge in [0.05, 0.1) is 32.6 Å². The minimum Gasteiger partial charge on any atom is -0.464 e. The molecule has 0 aliphatic carbocycles. The fraction of sp³-hybridized carbons (Fsp3) is 0.613. The zero-order chi connectivity index (χ0) is 29.7. The molecular weight excluding hydrogens is 536 g/mol. The highest BCUT2D eigenvalue weighted by Gasteiger charge is 2.21. The predicted octanol–water partition coefficient (Wildman–Crippen LogP) is 3.72. The van der Waals surface area contributed by atoms with Gasteiger partial charge in [0, 0.05) is 25.3 Å². The maximum absolute atomic E-state index is 12.0. The minimum absolute atomic E-state index is 0.0327. The Hall–Kier alpha value is -3.28. The molecule has 2 saturated heterocycles. The fourth-order valence-electron chi connectivity index (χ4n) is 5.26. The zero-order valence-corrected chi connectivity index (χ0v) is 25.1. The van der Waals surface area contributed by atoms with Crippen LogP contribution in [0.2, 0.25) is 0 Å². The first kappa shape index (κ1) is 31.7. The Morgan fingerprint density at radius 1 is 1.00 bits per heavy atom. The van der Waals surface area contributed by atoms with Gasteiger partial charge >= 0.3 is 5.97 Å². The van der Waals surface area contributed by atoms with E-state index in [1.54, 1.807) is 6.20 Å².